The Bertz CT molecular complexity index is 654. The molecule has 2 aromatic rings. The summed E-state index contributed by atoms with van der Waals surface area (Å²) in [7, 11) is 3.20. The van der Waals surface area contributed by atoms with Crippen LogP contribution in [0, 0.1) is 6.92 Å². The van der Waals surface area contributed by atoms with Crippen LogP contribution in [0.1, 0.15) is 15.9 Å². The second kappa shape index (κ2) is 5.61. The number of methoxy groups -OCH3 is 1. The summed E-state index contributed by atoms with van der Waals surface area (Å²) < 4.78 is 5.36. The Kier molecular flexibility index (Phi) is 3.89. The van der Waals surface area contributed by atoms with Crippen LogP contribution in [0.25, 0.3) is 11.1 Å². The van der Waals surface area contributed by atoms with Gasteiger partial charge in [0, 0.05) is 29.9 Å². The topological polar surface area (TPSA) is 77.2 Å². The van der Waals surface area contributed by atoms with Crippen molar-refractivity contribution in [2.45, 2.75) is 6.92 Å². The van der Waals surface area contributed by atoms with Crippen LogP contribution in [0.3, 0.4) is 0 Å². The number of nitrogens with zero attached hydrogens (tertiary/aromatic N) is 1. The second-order valence-corrected chi connectivity index (χ2v) is 4.42. The van der Waals surface area contributed by atoms with Crippen LogP contribution in [0.2, 0.25) is 0 Å². The first-order chi connectivity index (χ1) is 9.56. The highest BCUT2D eigenvalue weighted by atomic mass is 16.5. The number of nitrogen functional groups attached to an aromatic ring is 1. The number of rotatable bonds is 3. The van der Waals surface area contributed by atoms with Crippen molar-refractivity contribution < 1.29 is 9.53 Å². The van der Waals surface area contributed by atoms with Crippen LogP contribution < -0.4 is 15.8 Å². The number of carbonyl (C=O) groups is 1. The van der Waals surface area contributed by atoms with Gasteiger partial charge < -0.3 is 15.8 Å². The summed E-state index contributed by atoms with van der Waals surface area (Å²) in [5, 5.41) is 2.61. The van der Waals surface area contributed by atoms with E-state index in [0.29, 0.717) is 17.1 Å². The van der Waals surface area contributed by atoms with Crippen LogP contribution >= 0.6 is 0 Å². The van der Waals surface area contributed by atoms with Crippen molar-refractivity contribution >= 4 is 11.7 Å². The summed E-state index contributed by atoms with van der Waals surface area (Å²) in [6.45, 7) is 1.94. The third kappa shape index (κ3) is 2.56. The minimum absolute atomic E-state index is 0.144. The fraction of sp³-hybridized carbons (Fsp3) is 0.200. The standard InChI is InChI=1S/C15H17N3O2/c1-9-6-14(16)18-8-12(9)11-7-10(15(19)17-2)4-5-13(11)20-3/h4-8H,1-3H3,(H2,16,18)(H,17,19). The highest BCUT2D eigenvalue weighted by Gasteiger charge is 2.13. The fourth-order valence-electron chi connectivity index (χ4n) is 2.06. The third-order valence-corrected chi connectivity index (χ3v) is 3.11. The lowest BCUT2D eigenvalue weighted by Gasteiger charge is -2.12. The SMILES string of the molecule is CNC(=O)c1ccc(OC)c(-c2cnc(N)cc2C)c1. The molecule has 5 nitrogen and oxygen atoms in total. The maximum Gasteiger partial charge on any atom is 0.251 e. The van der Waals surface area contributed by atoms with E-state index >= 15 is 0 Å². The van der Waals surface area contributed by atoms with E-state index in [1.165, 1.54) is 0 Å². The number of hydrogen-bond acceptors (Lipinski definition) is 4. The summed E-state index contributed by atoms with van der Waals surface area (Å²) in [6, 6.07) is 7.08. The van der Waals surface area contributed by atoms with E-state index in [-0.39, 0.29) is 5.91 Å². The van der Waals surface area contributed by atoms with E-state index < -0.39 is 0 Å². The van der Waals surface area contributed by atoms with Crippen molar-refractivity contribution in [3.8, 4) is 16.9 Å². The Hall–Kier alpha value is -2.56. The Morgan fingerprint density at radius 2 is 2.05 bits per heavy atom. The summed E-state index contributed by atoms with van der Waals surface area (Å²) in [5.74, 6) is 1.01. The highest BCUT2D eigenvalue weighted by Crippen LogP contribution is 2.33. The van der Waals surface area contributed by atoms with Gasteiger partial charge in [0.1, 0.15) is 11.6 Å². The summed E-state index contributed by atoms with van der Waals surface area (Å²) in [6.07, 6.45) is 1.69. The molecule has 0 aliphatic carbocycles. The van der Waals surface area contributed by atoms with Gasteiger partial charge >= 0.3 is 0 Å². The molecule has 0 bridgehead atoms. The van der Waals surface area contributed by atoms with Gasteiger partial charge in [-0.15, -0.1) is 0 Å². The van der Waals surface area contributed by atoms with Gasteiger partial charge in [0.15, 0.2) is 0 Å². The summed E-state index contributed by atoms with van der Waals surface area (Å²) in [4.78, 5) is 15.9. The molecule has 0 unspecified atom stereocenters. The van der Waals surface area contributed by atoms with Gasteiger partial charge in [0.05, 0.1) is 7.11 Å². The van der Waals surface area contributed by atoms with Crippen LogP contribution in [-0.4, -0.2) is 25.0 Å². The molecule has 0 aliphatic rings. The number of benzene rings is 1. The largest absolute Gasteiger partial charge is 0.496 e. The molecule has 1 aromatic carbocycles. The number of hydrogen-bond donors (Lipinski definition) is 2. The molecule has 20 heavy (non-hydrogen) atoms. The monoisotopic (exact) mass is 271 g/mol. The van der Waals surface area contributed by atoms with Crippen molar-refractivity contribution in [3.63, 3.8) is 0 Å². The van der Waals surface area contributed by atoms with Crippen molar-refractivity contribution in [2.75, 3.05) is 19.9 Å². The maximum atomic E-state index is 11.7. The van der Waals surface area contributed by atoms with E-state index in [1.807, 2.05) is 6.92 Å². The van der Waals surface area contributed by atoms with Crippen molar-refractivity contribution in [3.05, 3.63) is 41.6 Å². The molecule has 104 valence electrons. The van der Waals surface area contributed by atoms with Gasteiger partial charge in [-0.05, 0) is 36.8 Å². The van der Waals surface area contributed by atoms with Gasteiger partial charge in [-0.3, -0.25) is 4.79 Å². The number of anilines is 1. The molecule has 1 aromatic heterocycles. The van der Waals surface area contributed by atoms with Crippen molar-refractivity contribution in [2.24, 2.45) is 0 Å². The number of ether oxygens (including phenoxy) is 1. The Labute approximate surface area is 117 Å². The summed E-state index contributed by atoms with van der Waals surface area (Å²) in [5.41, 5.74) is 8.92. The average Bonchev–Trinajstić information content (AvgIpc) is 2.46. The van der Waals surface area contributed by atoms with E-state index in [2.05, 4.69) is 10.3 Å². The van der Waals surface area contributed by atoms with Crippen LogP contribution in [0.4, 0.5) is 5.82 Å². The third-order valence-electron chi connectivity index (χ3n) is 3.11. The van der Waals surface area contributed by atoms with Gasteiger partial charge in [-0.2, -0.15) is 0 Å². The number of carbonyl (C=O) groups excluding carboxylic acids is 1. The first-order valence-corrected chi connectivity index (χ1v) is 6.19. The second-order valence-electron chi connectivity index (χ2n) is 4.42. The first-order valence-electron chi connectivity index (χ1n) is 6.19. The number of pyridine rings is 1. The first kappa shape index (κ1) is 13.9. The van der Waals surface area contributed by atoms with Crippen molar-refractivity contribution in [1.29, 1.82) is 0 Å². The number of aromatic nitrogens is 1. The predicted octanol–water partition coefficient (Wildman–Crippen LogP) is 2.01. The van der Waals surface area contributed by atoms with Crippen molar-refractivity contribution in [1.82, 2.24) is 10.3 Å². The maximum absolute atomic E-state index is 11.7. The van der Waals surface area contributed by atoms with Gasteiger partial charge in [0.2, 0.25) is 0 Å². The average molecular weight is 271 g/mol. The highest BCUT2D eigenvalue weighted by molar-refractivity contribution is 5.96. The molecule has 1 heterocycles. The lowest BCUT2D eigenvalue weighted by atomic mass is 9.99. The number of nitrogens with one attached hydrogen (secondary N) is 1. The smallest absolute Gasteiger partial charge is 0.251 e. The zero-order valence-electron chi connectivity index (χ0n) is 11.7. The van der Waals surface area contributed by atoms with E-state index in [9.17, 15) is 4.79 Å². The van der Waals surface area contributed by atoms with Crippen LogP contribution in [0.5, 0.6) is 5.75 Å². The molecular weight excluding hydrogens is 254 g/mol. The van der Waals surface area contributed by atoms with E-state index in [0.717, 1.165) is 16.7 Å². The minimum atomic E-state index is -0.144. The molecule has 0 radical (unpaired) electrons. The Morgan fingerprint density at radius 1 is 1.30 bits per heavy atom. The lowest BCUT2D eigenvalue weighted by Crippen LogP contribution is -2.17. The minimum Gasteiger partial charge on any atom is -0.496 e. The van der Waals surface area contributed by atoms with Crippen LogP contribution in [-0.2, 0) is 0 Å². The number of amides is 1. The summed E-state index contributed by atoms with van der Waals surface area (Å²) >= 11 is 0. The van der Waals surface area contributed by atoms with Gasteiger partial charge in [-0.1, -0.05) is 0 Å². The number of nitrogens with two attached hydrogens (primary N) is 1. The molecule has 0 fully saturated rings. The molecule has 0 atom stereocenters. The van der Waals surface area contributed by atoms with Gasteiger partial charge in [0.25, 0.3) is 5.91 Å². The zero-order chi connectivity index (χ0) is 14.7. The predicted molar refractivity (Wildman–Crippen MR) is 78.8 cm³/mol. The Morgan fingerprint density at radius 3 is 2.65 bits per heavy atom. The lowest BCUT2D eigenvalue weighted by molar-refractivity contribution is 0.0963. The van der Waals surface area contributed by atoms with Crippen LogP contribution in [0.15, 0.2) is 30.5 Å². The zero-order valence-corrected chi connectivity index (χ0v) is 11.7. The molecule has 0 spiro atoms. The fourth-order valence-corrected chi connectivity index (χ4v) is 2.06. The Balaban J connectivity index is 2.61. The normalized spacial score (nSPS) is 10.2. The molecule has 2 rings (SSSR count). The molecule has 5 heteroatoms. The number of aryl methyl sites for hydroxylation is 1. The molecule has 0 saturated heterocycles. The molecule has 0 saturated carbocycles. The van der Waals surface area contributed by atoms with E-state index in [4.69, 9.17) is 10.5 Å². The molecule has 0 aliphatic heterocycles. The molecule has 3 N–H and O–H groups in total. The van der Waals surface area contributed by atoms with E-state index in [1.54, 1.807) is 44.6 Å². The van der Waals surface area contributed by atoms with Gasteiger partial charge in [-0.25, -0.2) is 4.98 Å². The molecular formula is C15H17N3O2. The quantitative estimate of drug-likeness (QED) is 0.895. The molecule has 1 amide bonds.